The van der Waals surface area contributed by atoms with Crippen molar-refractivity contribution in [2.75, 3.05) is 6.26 Å². The van der Waals surface area contributed by atoms with Crippen LogP contribution in [0.15, 0.2) is 53.4 Å². The molecule has 2 aromatic rings. The molecule has 2 aromatic carbocycles. The highest BCUT2D eigenvalue weighted by Gasteiger charge is 2.06. The molecule has 0 radical (unpaired) electrons. The fraction of sp³-hybridized carbons (Fsp3) is 0.0625. The number of thioether (sulfide) groups is 1. The zero-order valence-electron chi connectivity index (χ0n) is 10.8. The molecule has 0 heterocycles. The number of hydrogen-bond acceptors (Lipinski definition) is 2. The number of carbonyl (C=O) groups is 1. The zero-order valence-corrected chi connectivity index (χ0v) is 11.6. The van der Waals surface area contributed by atoms with Crippen LogP contribution in [0.1, 0.15) is 15.9 Å². The molecule has 0 aliphatic carbocycles. The van der Waals surface area contributed by atoms with Crippen LogP contribution >= 0.6 is 11.8 Å². The maximum absolute atomic E-state index is 13.4. The molecular weight excluding hydrogens is 278 g/mol. The molecule has 0 saturated carbocycles. The van der Waals surface area contributed by atoms with Crippen LogP contribution in [-0.4, -0.2) is 12.0 Å². The summed E-state index contributed by atoms with van der Waals surface area (Å²) in [7, 11) is 0. The third-order valence-corrected chi connectivity index (χ3v) is 3.51. The van der Waals surface area contributed by atoms with Gasteiger partial charge < -0.3 is 0 Å². The third-order valence-electron chi connectivity index (χ3n) is 2.77. The van der Waals surface area contributed by atoms with Crippen molar-refractivity contribution in [1.29, 1.82) is 0 Å². The second-order valence-electron chi connectivity index (χ2n) is 4.07. The Labute approximate surface area is 120 Å². The molecule has 0 unspecified atom stereocenters. The first-order chi connectivity index (χ1) is 9.61. The Balaban J connectivity index is 2.18. The summed E-state index contributed by atoms with van der Waals surface area (Å²) in [6.45, 7) is 0. The van der Waals surface area contributed by atoms with Crippen LogP contribution in [-0.2, 0) is 0 Å². The molecule has 0 aliphatic rings. The van der Waals surface area contributed by atoms with Crippen LogP contribution in [0.25, 0.3) is 6.08 Å². The maximum atomic E-state index is 13.4. The van der Waals surface area contributed by atoms with Gasteiger partial charge in [-0.15, -0.1) is 11.8 Å². The Bertz CT molecular complexity index is 648. The number of allylic oxidation sites excluding steroid dienone is 1. The van der Waals surface area contributed by atoms with Crippen molar-refractivity contribution >= 4 is 23.6 Å². The van der Waals surface area contributed by atoms with Gasteiger partial charge >= 0.3 is 0 Å². The highest BCUT2D eigenvalue weighted by atomic mass is 32.2. The second kappa shape index (κ2) is 6.48. The van der Waals surface area contributed by atoms with Gasteiger partial charge in [-0.3, -0.25) is 4.79 Å². The average Bonchev–Trinajstić information content (AvgIpc) is 2.48. The van der Waals surface area contributed by atoms with Crippen LogP contribution in [0.3, 0.4) is 0 Å². The lowest BCUT2D eigenvalue weighted by atomic mass is 10.1. The molecule has 0 N–H and O–H groups in total. The minimum atomic E-state index is -0.950. The molecule has 0 spiro atoms. The standard InChI is InChI=1S/C16H12F2OS/c1-20-13-8-5-11(6-9-13)15(19)10-7-12-3-2-4-14(17)16(12)18/h2-10H,1H3. The molecule has 0 fully saturated rings. The zero-order chi connectivity index (χ0) is 14.5. The molecule has 0 saturated heterocycles. The number of ketones is 1. The van der Waals surface area contributed by atoms with E-state index in [-0.39, 0.29) is 11.3 Å². The number of rotatable bonds is 4. The quantitative estimate of drug-likeness (QED) is 0.465. The summed E-state index contributed by atoms with van der Waals surface area (Å²) >= 11 is 1.58. The van der Waals surface area contributed by atoms with E-state index in [9.17, 15) is 13.6 Å². The smallest absolute Gasteiger partial charge is 0.185 e. The summed E-state index contributed by atoms with van der Waals surface area (Å²) in [4.78, 5) is 13.0. The molecule has 0 aromatic heterocycles. The monoisotopic (exact) mass is 290 g/mol. The summed E-state index contributed by atoms with van der Waals surface area (Å²) in [5, 5.41) is 0. The lowest BCUT2D eigenvalue weighted by molar-refractivity contribution is 0.104. The van der Waals surface area contributed by atoms with Gasteiger partial charge in [0.05, 0.1) is 0 Å². The number of halogens is 2. The third kappa shape index (κ3) is 3.33. The second-order valence-corrected chi connectivity index (χ2v) is 4.95. The number of hydrogen-bond donors (Lipinski definition) is 0. The van der Waals surface area contributed by atoms with E-state index >= 15 is 0 Å². The first-order valence-electron chi connectivity index (χ1n) is 5.92. The number of benzene rings is 2. The van der Waals surface area contributed by atoms with Gasteiger partial charge in [0.25, 0.3) is 0 Å². The van der Waals surface area contributed by atoms with Crippen LogP contribution in [0.4, 0.5) is 8.78 Å². The van der Waals surface area contributed by atoms with Gasteiger partial charge in [-0.25, -0.2) is 8.78 Å². The highest BCUT2D eigenvalue weighted by molar-refractivity contribution is 7.98. The van der Waals surface area contributed by atoms with E-state index in [1.54, 1.807) is 23.9 Å². The first-order valence-corrected chi connectivity index (χ1v) is 7.15. The summed E-state index contributed by atoms with van der Waals surface area (Å²) < 4.78 is 26.4. The summed E-state index contributed by atoms with van der Waals surface area (Å²) in [5.74, 6) is -2.13. The predicted molar refractivity (Wildman–Crippen MR) is 77.9 cm³/mol. The van der Waals surface area contributed by atoms with E-state index in [4.69, 9.17) is 0 Å². The van der Waals surface area contributed by atoms with Crippen molar-refractivity contribution in [1.82, 2.24) is 0 Å². The van der Waals surface area contributed by atoms with Crippen molar-refractivity contribution in [2.45, 2.75) is 4.90 Å². The van der Waals surface area contributed by atoms with Gasteiger partial charge in [0.15, 0.2) is 17.4 Å². The van der Waals surface area contributed by atoms with Crippen LogP contribution in [0.5, 0.6) is 0 Å². The van der Waals surface area contributed by atoms with Gasteiger partial charge in [-0.1, -0.05) is 12.1 Å². The van der Waals surface area contributed by atoms with Gasteiger partial charge in [0.1, 0.15) is 0 Å². The fourth-order valence-electron chi connectivity index (χ4n) is 1.67. The Morgan fingerprint density at radius 2 is 1.80 bits per heavy atom. The van der Waals surface area contributed by atoms with Gasteiger partial charge in [0, 0.05) is 16.0 Å². The van der Waals surface area contributed by atoms with Gasteiger partial charge in [-0.2, -0.15) is 0 Å². The van der Waals surface area contributed by atoms with Crippen molar-refractivity contribution in [3.8, 4) is 0 Å². The minimum absolute atomic E-state index is 0.0547. The summed E-state index contributed by atoms with van der Waals surface area (Å²) in [5.41, 5.74) is 0.565. The molecule has 0 amide bonds. The lowest BCUT2D eigenvalue weighted by Crippen LogP contribution is -1.94. The largest absolute Gasteiger partial charge is 0.289 e. The predicted octanol–water partition coefficient (Wildman–Crippen LogP) is 4.58. The van der Waals surface area contributed by atoms with Crippen LogP contribution in [0, 0.1) is 11.6 Å². The Morgan fingerprint density at radius 1 is 1.10 bits per heavy atom. The van der Waals surface area contributed by atoms with E-state index < -0.39 is 11.6 Å². The molecule has 2 rings (SSSR count). The molecule has 102 valence electrons. The molecule has 0 atom stereocenters. The molecule has 1 nitrogen and oxygen atoms in total. The molecule has 0 bridgehead atoms. The molecule has 20 heavy (non-hydrogen) atoms. The van der Waals surface area contributed by atoms with E-state index in [0.29, 0.717) is 5.56 Å². The van der Waals surface area contributed by atoms with E-state index in [0.717, 1.165) is 11.0 Å². The van der Waals surface area contributed by atoms with E-state index in [2.05, 4.69) is 0 Å². The van der Waals surface area contributed by atoms with E-state index in [1.165, 1.54) is 24.3 Å². The summed E-state index contributed by atoms with van der Waals surface area (Å²) in [6, 6.07) is 11.0. The Hall–Kier alpha value is -1.94. The fourth-order valence-corrected chi connectivity index (χ4v) is 2.07. The van der Waals surface area contributed by atoms with Crippen molar-refractivity contribution in [2.24, 2.45) is 0 Å². The van der Waals surface area contributed by atoms with Gasteiger partial charge in [-0.05, 0) is 48.7 Å². The normalized spacial score (nSPS) is 10.9. The first kappa shape index (κ1) is 14.5. The molecule has 4 heteroatoms. The summed E-state index contributed by atoms with van der Waals surface area (Å²) in [6.07, 6.45) is 4.47. The SMILES string of the molecule is CSc1ccc(C(=O)C=Cc2cccc(F)c2F)cc1. The lowest BCUT2D eigenvalue weighted by Gasteiger charge is -1.99. The molecule has 0 aliphatic heterocycles. The number of carbonyl (C=O) groups excluding carboxylic acids is 1. The average molecular weight is 290 g/mol. The topological polar surface area (TPSA) is 17.1 Å². The Kier molecular flexibility index (Phi) is 4.69. The molecular formula is C16H12F2OS. The minimum Gasteiger partial charge on any atom is -0.289 e. The highest BCUT2D eigenvalue weighted by Crippen LogP contribution is 2.16. The maximum Gasteiger partial charge on any atom is 0.185 e. The van der Waals surface area contributed by atoms with Gasteiger partial charge in [0.2, 0.25) is 0 Å². The van der Waals surface area contributed by atoms with Crippen molar-refractivity contribution < 1.29 is 13.6 Å². The Morgan fingerprint density at radius 3 is 2.45 bits per heavy atom. The van der Waals surface area contributed by atoms with Crippen LogP contribution < -0.4 is 0 Å². The van der Waals surface area contributed by atoms with Crippen molar-refractivity contribution in [3.05, 3.63) is 71.3 Å². The van der Waals surface area contributed by atoms with Crippen LogP contribution in [0.2, 0.25) is 0 Å². The van der Waals surface area contributed by atoms with E-state index in [1.807, 2.05) is 18.4 Å². The van der Waals surface area contributed by atoms with Crippen molar-refractivity contribution in [3.63, 3.8) is 0 Å².